The van der Waals surface area contributed by atoms with Crippen molar-refractivity contribution in [2.75, 3.05) is 0 Å². The predicted molar refractivity (Wildman–Crippen MR) is 41.0 cm³/mol. The lowest BCUT2D eigenvalue weighted by atomic mass is 10.3. The minimum Gasteiger partial charge on any atom is -0.472 e. The zero-order valence-electron chi connectivity index (χ0n) is 6.64. The molecule has 0 aliphatic rings. The molecule has 2 aromatic rings. The van der Waals surface area contributed by atoms with E-state index < -0.39 is 0 Å². The van der Waals surface area contributed by atoms with E-state index in [0.717, 1.165) is 5.56 Å². The molecular formula is C7H7N3O3. The van der Waals surface area contributed by atoms with Gasteiger partial charge in [-0.2, -0.15) is 4.98 Å². The molecule has 0 spiro atoms. The van der Waals surface area contributed by atoms with E-state index >= 15 is 0 Å². The van der Waals surface area contributed by atoms with Gasteiger partial charge >= 0.3 is 0 Å². The summed E-state index contributed by atoms with van der Waals surface area (Å²) in [6, 6.07) is 1.73. The lowest BCUT2D eigenvalue weighted by Crippen LogP contribution is -1.98. The number of nitrogens with two attached hydrogens (primary N) is 1. The van der Waals surface area contributed by atoms with Gasteiger partial charge in [-0.15, -0.1) is 0 Å². The van der Waals surface area contributed by atoms with Crippen LogP contribution in [0.1, 0.15) is 5.89 Å². The second-order valence-corrected chi connectivity index (χ2v) is 2.33. The van der Waals surface area contributed by atoms with Crippen LogP contribution >= 0.6 is 0 Å². The van der Waals surface area contributed by atoms with E-state index in [-0.39, 0.29) is 6.61 Å². The summed E-state index contributed by atoms with van der Waals surface area (Å²) in [6.07, 6.45) is 3.06. The summed E-state index contributed by atoms with van der Waals surface area (Å²) in [5.74, 6) is 5.63. The van der Waals surface area contributed by atoms with Crippen LogP contribution in [0, 0.1) is 0 Å². The van der Waals surface area contributed by atoms with E-state index in [9.17, 15) is 0 Å². The largest absolute Gasteiger partial charge is 0.472 e. The Morgan fingerprint density at radius 3 is 3.15 bits per heavy atom. The average molecular weight is 181 g/mol. The summed E-state index contributed by atoms with van der Waals surface area (Å²) in [7, 11) is 0. The van der Waals surface area contributed by atoms with E-state index in [0.29, 0.717) is 11.7 Å². The molecule has 0 saturated carbocycles. The zero-order chi connectivity index (χ0) is 9.10. The highest BCUT2D eigenvalue weighted by Crippen LogP contribution is 2.15. The number of furan rings is 1. The highest BCUT2D eigenvalue weighted by molar-refractivity contribution is 5.51. The highest BCUT2D eigenvalue weighted by Gasteiger charge is 2.08. The fourth-order valence-corrected chi connectivity index (χ4v) is 0.894. The van der Waals surface area contributed by atoms with Gasteiger partial charge in [-0.3, -0.25) is 4.84 Å². The van der Waals surface area contributed by atoms with Crippen molar-refractivity contribution >= 4 is 0 Å². The topological polar surface area (TPSA) is 87.3 Å². The van der Waals surface area contributed by atoms with Gasteiger partial charge in [0.1, 0.15) is 12.9 Å². The Morgan fingerprint density at radius 2 is 2.46 bits per heavy atom. The lowest BCUT2D eigenvalue weighted by Gasteiger charge is -1.85. The number of hydrogen-bond donors (Lipinski definition) is 1. The Bertz CT molecular complexity index is 368. The van der Waals surface area contributed by atoms with Crippen molar-refractivity contribution in [3.8, 4) is 11.4 Å². The first kappa shape index (κ1) is 7.96. The maximum absolute atomic E-state index is 4.86. The normalized spacial score (nSPS) is 10.5. The van der Waals surface area contributed by atoms with Crippen LogP contribution in [0.4, 0.5) is 0 Å². The Hall–Kier alpha value is -1.66. The number of nitrogens with zero attached hydrogens (tertiary/aromatic N) is 2. The molecule has 0 atom stereocenters. The summed E-state index contributed by atoms with van der Waals surface area (Å²) in [6.45, 7) is 0.102. The van der Waals surface area contributed by atoms with E-state index in [1.807, 2.05) is 0 Å². The first-order valence-corrected chi connectivity index (χ1v) is 3.57. The van der Waals surface area contributed by atoms with Crippen molar-refractivity contribution in [2.45, 2.75) is 6.61 Å². The molecular weight excluding hydrogens is 174 g/mol. The minimum absolute atomic E-state index is 0.102. The molecule has 0 fully saturated rings. The van der Waals surface area contributed by atoms with Crippen LogP contribution in [0.2, 0.25) is 0 Å². The summed E-state index contributed by atoms with van der Waals surface area (Å²) in [4.78, 5) is 8.34. The van der Waals surface area contributed by atoms with Gasteiger partial charge in [0, 0.05) is 0 Å². The van der Waals surface area contributed by atoms with Crippen LogP contribution in [-0.4, -0.2) is 10.1 Å². The summed E-state index contributed by atoms with van der Waals surface area (Å²) >= 11 is 0. The molecule has 0 unspecified atom stereocenters. The van der Waals surface area contributed by atoms with Crippen molar-refractivity contribution < 1.29 is 13.8 Å². The van der Waals surface area contributed by atoms with Gasteiger partial charge < -0.3 is 8.94 Å². The molecule has 2 N–H and O–H groups in total. The Labute approximate surface area is 73.2 Å². The molecule has 0 radical (unpaired) electrons. The van der Waals surface area contributed by atoms with Crippen LogP contribution in [0.5, 0.6) is 0 Å². The first-order chi connectivity index (χ1) is 6.40. The van der Waals surface area contributed by atoms with Crippen molar-refractivity contribution in [1.82, 2.24) is 10.1 Å². The van der Waals surface area contributed by atoms with E-state index in [1.165, 1.54) is 12.5 Å². The second kappa shape index (κ2) is 3.38. The lowest BCUT2D eigenvalue weighted by molar-refractivity contribution is 0.0996. The molecule has 0 aromatic carbocycles. The van der Waals surface area contributed by atoms with Gasteiger partial charge in [0.05, 0.1) is 11.8 Å². The van der Waals surface area contributed by atoms with Crippen molar-refractivity contribution in [2.24, 2.45) is 5.90 Å². The van der Waals surface area contributed by atoms with E-state index in [2.05, 4.69) is 15.0 Å². The van der Waals surface area contributed by atoms with Gasteiger partial charge in [0.15, 0.2) is 0 Å². The SMILES string of the molecule is NOCc1nc(-c2ccoc2)no1. The highest BCUT2D eigenvalue weighted by atomic mass is 16.6. The fourth-order valence-electron chi connectivity index (χ4n) is 0.894. The minimum atomic E-state index is 0.102. The predicted octanol–water partition coefficient (Wildman–Crippen LogP) is 0.720. The van der Waals surface area contributed by atoms with Crippen LogP contribution in [0.15, 0.2) is 27.5 Å². The average Bonchev–Trinajstić information content (AvgIpc) is 2.70. The van der Waals surface area contributed by atoms with E-state index in [1.54, 1.807) is 6.07 Å². The molecule has 68 valence electrons. The van der Waals surface area contributed by atoms with Gasteiger partial charge in [0.25, 0.3) is 5.89 Å². The maximum Gasteiger partial charge on any atom is 0.255 e. The Morgan fingerprint density at radius 1 is 1.54 bits per heavy atom. The molecule has 0 aliphatic carbocycles. The standard InChI is InChI=1S/C7H7N3O3/c8-12-4-6-9-7(10-13-6)5-1-2-11-3-5/h1-3H,4,8H2. The molecule has 2 heterocycles. The Kier molecular flexibility index (Phi) is 2.07. The number of rotatable bonds is 3. The molecule has 2 aromatic heterocycles. The second-order valence-electron chi connectivity index (χ2n) is 2.33. The van der Waals surface area contributed by atoms with Crippen molar-refractivity contribution in [3.05, 3.63) is 24.5 Å². The third-order valence-corrected chi connectivity index (χ3v) is 1.45. The molecule has 0 bridgehead atoms. The van der Waals surface area contributed by atoms with Gasteiger partial charge in [0.2, 0.25) is 5.82 Å². The summed E-state index contributed by atoms with van der Waals surface area (Å²) in [5.41, 5.74) is 0.757. The third-order valence-electron chi connectivity index (χ3n) is 1.45. The van der Waals surface area contributed by atoms with E-state index in [4.69, 9.17) is 14.8 Å². The molecule has 6 nitrogen and oxygen atoms in total. The molecule has 0 saturated heterocycles. The van der Waals surface area contributed by atoms with Crippen molar-refractivity contribution in [1.29, 1.82) is 0 Å². The Balaban J connectivity index is 2.23. The maximum atomic E-state index is 4.86. The van der Waals surface area contributed by atoms with Crippen LogP contribution in [0.25, 0.3) is 11.4 Å². The van der Waals surface area contributed by atoms with Crippen LogP contribution in [0.3, 0.4) is 0 Å². The summed E-state index contributed by atoms with van der Waals surface area (Å²) in [5, 5.41) is 3.70. The smallest absolute Gasteiger partial charge is 0.255 e. The van der Waals surface area contributed by atoms with Crippen molar-refractivity contribution in [3.63, 3.8) is 0 Å². The third kappa shape index (κ3) is 1.58. The van der Waals surface area contributed by atoms with Crippen LogP contribution < -0.4 is 5.90 Å². The molecule has 0 aliphatic heterocycles. The molecule has 2 rings (SSSR count). The molecule has 13 heavy (non-hydrogen) atoms. The quantitative estimate of drug-likeness (QED) is 0.702. The first-order valence-electron chi connectivity index (χ1n) is 3.57. The fraction of sp³-hybridized carbons (Fsp3) is 0.143. The molecule has 0 amide bonds. The van der Waals surface area contributed by atoms with Crippen LogP contribution in [-0.2, 0) is 11.4 Å². The number of hydrogen-bond acceptors (Lipinski definition) is 6. The zero-order valence-corrected chi connectivity index (χ0v) is 6.64. The molecule has 6 heteroatoms. The number of aromatic nitrogens is 2. The van der Waals surface area contributed by atoms with Gasteiger partial charge in [-0.25, -0.2) is 5.90 Å². The van der Waals surface area contributed by atoms with Gasteiger partial charge in [-0.1, -0.05) is 5.16 Å². The summed E-state index contributed by atoms with van der Waals surface area (Å²) < 4.78 is 9.68. The monoisotopic (exact) mass is 181 g/mol. The van der Waals surface area contributed by atoms with Gasteiger partial charge in [-0.05, 0) is 6.07 Å².